The number of halogens is 1. The molecule has 0 saturated heterocycles. The van der Waals surface area contributed by atoms with E-state index in [1.54, 1.807) is 12.1 Å². The lowest BCUT2D eigenvalue weighted by atomic mass is 10.1. The van der Waals surface area contributed by atoms with Crippen molar-refractivity contribution < 1.29 is 17.1 Å². The summed E-state index contributed by atoms with van der Waals surface area (Å²) in [5.41, 5.74) is 0.434. The van der Waals surface area contributed by atoms with E-state index in [4.69, 9.17) is 0 Å². The number of para-hydroxylation sites is 1. The fourth-order valence-corrected chi connectivity index (χ4v) is 3.02. The quantitative estimate of drug-likeness (QED) is 0.701. The van der Waals surface area contributed by atoms with E-state index in [9.17, 15) is 17.1 Å². The van der Waals surface area contributed by atoms with Crippen LogP contribution in [0.3, 0.4) is 0 Å². The summed E-state index contributed by atoms with van der Waals surface area (Å²) in [7, 11) is -4.93. The second-order valence-corrected chi connectivity index (χ2v) is 6.36. The molecule has 0 aliphatic rings. The van der Waals surface area contributed by atoms with Crippen LogP contribution in [0.15, 0.2) is 71.6 Å². The molecule has 7 heteroatoms. The normalized spacial score (nSPS) is 11.2. The number of fused-ring (bicyclic) bond motifs is 1. The van der Waals surface area contributed by atoms with Crippen molar-refractivity contribution >= 4 is 38.4 Å². The van der Waals surface area contributed by atoms with Crippen LogP contribution in [0.25, 0.3) is 10.8 Å². The highest BCUT2D eigenvalue weighted by Gasteiger charge is 2.18. The molecular weight excluding hydrogens is 331 g/mol. The van der Waals surface area contributed by atoms with E-state index in [-0.39, 0.29) is 5.69 Å². The molecule has 0 radical (unpaired) electrons. The van der Waals surface area contributed by atoms with Gasteiger partial charge in [-0.1, -0.05) is 48.5 Å². The van der Waals surface area contributed by atoms with Crippen molar-refractivity contribution in [1.82, 2.24) is 0 Å². The third-order valence-corrected chi connectivity index (χ3v) is 4.32. The number of urea groups is 1. The van der Waals surface area contributed by atoms with E-state index >= 15 is 0 Å². The molecule has 0 aromatic heterocycles. The number of benzene rings is 3. The molecule has 5 nitrogen and oxygen atoms in total. The Bertz CT molecular complexity index is 1010. The number of carbonyl (C=O) groups excluding carboxylic acids is 1. The van der Waals surface area contributed by atoms with E-state index in [2.05, 4.69) is 10.6 Å². The Morgan fingerprint density at radius 2 is 1.38 bits per heavy atom. The van der Waals surface area contributed by atoms with Crippen molar-refractivity contribution in [1.29, 1.82) is 0 Å². The maximum atomic E-state index is 13.3. The van der Waals surface area contributed by atoms with E-state index in [0.717, 1.165) is 16.8 Å². The SMILES string of the molecule is O=C(Nc1ccccc1S(=O)(=O)F)Nc1cccc2ccccc12. The van der Waals surface area contributed by atoms with Gasteiger partial charge in [0.15, 0.2) is 0 Å². The first-order valence-electron chi connectivity index (χ1n) is 7.04. The summed E-state index contributed by atoms with van der Waals surface area (Å²) in [4.78, 5) is 11.6. The van der Waals surface area contributed by atoms with Crippen LogP contribution in [0.2, 0.25) is 0 Å². The zero-order chi connectivity index (χ0) is 17.2. The molecule has 3 rings (SSSR count). The van der Waals surface area contributed by atoms with Crippen LogP contribution in [-0.4, -0.2) is 14.4 Å². The number of hydrogen-bond acceptors (Lipinski definition) is 3. The van der Waals surface area contributed by atoms with Crippen LogP contribution in [0.1, 0.15) is 0 Å². The number of nitrogens with one attached hydrogen (secondary N) is 2. The third-order valence-electron chi connectivity index (χ3n) is 3.44. The molecule has 2 N–H and O–H groups in total. The van der Waals surface area contributed by atoms with Crippen LogP contribution in [0, 0.1) is 0 Å². The molecule has 0 heterocycles. The summed E-state index contributed by atoms with van der Waals surface area (Å²) >= 11 is 0. The lowest BCUT2D eigenvalue weighted by Crippen LogP contribution is -2.20. The summed E-state index contributed by atoms with van der Waals surface area (Å²) in [5.74, 6) is 0. The van der Waals surface area contributed by atoms with Gasteiger partial charge in [0.1, 0.15) is 4.90 Å². The number of carbonyl (C=O) groups is 1. The molecule has 3 aromatic carbocycles. The maximum Gasteiger partial charge on any atom is 0.334 e. The fraction of sp³-hybridized carbons (Fsp3) is 0. The topological polar surface area (TPSA) is 75.3 Å². The summed E-state index contributed by atoms with van der Waals surface area (Å²) in [6.07, 6.45) is 0. The second kappa shape index (κ2) is 6.29. The molecule has 0 saturated carbocycles. The summed E-state index contributed by atoms with van der Waals surface area (Å²) < 4.78 is 35.5. The Kier molecular flexibility index (Phi) is 4.18. The van der Waals surface area contributed by atoms with Gasteiger partial charge in [-0.2, -0.15) is 8.42 Å². The zero-order valence-electron chi connectivity index (χ0n) is 12.4. The van der Waals surface area contributed by atoms with Crippen molar-refractivity contribution in [3.05, 3.63) is 66.7 Å². The molecule has 0 fully saturated rings. The van der Waals surface area contributed by atoms with Crippen molar-refractivity contribution in [3.8, 4) is 0 Å². The van der Waals surface area contributed by atoms with Crippen LogP contribution in [0.4, 0.5) is 20.1 Å². The first-order chi connectivity index (χ1) is 11.4. The molecule has 0 aliphatic carbocycles. The third kappa shape index (κ3) is 3.36. The number of rotatable bonds is 3. The number of amides is 2. The van der Waals surface area contributed by atoms with Crippen LogP contribution in [-0.2, 0) is 10.2 Å². The highest BCUT2D eigenvalue weighted by atomic mass is 32.3. The number of anilines is 2. The van der Waals surface area contributed by atoms with Gasteiger partial charge in [-0.25, -0.2) is 4.79 Å². The Morgan fingerprint density at radius 3 is 2.17 bits per heavy atom. The molecule has 0 aliphatic heterocycles. The molecule has 2 amide bonds. The van der Waals surface area contributed by atoms with Gasteiger partial charge in [-0.05, 0) is 23.6 Å². The van der Waals surface area contributed by atoms with Gasteiger partial charge in [-0.15, -0.1) is 3.89 Å². The Balaban J connectivity index is 1.87. The standard InChI is InChI=1S/C17H13FN2O3S/c18-24(22,23)16-11-4-3-9-15(16)20-17(21)19-14-10-5-7-12-6-1-2-8-13(12)14/h1-11H,(H2,19,20,21). The van der Waals surface area contributed by atoms with Gasteiger partial charge in [0.05, 0.1) is 11.4 Å². The molecule has 0 spiro atoms. The lowest BCUT2D eigenvalue weighted by Gasteiger charge is -2.11. The maximum absolute atomic E-state index is 13.3. The average Bonchev–Trinajstić information content (AvgIpc) is 2.54. The van der Waals surface area contributed by atoms with Gasteiger partial charge in [0, 0.05) is 5.39 Å². The molecule has 3 aromatic rings. The molecule has 0 bridgehead atoms. The van der Waals surface area contributed by atoms with Crippen molar-refractivity contribution in [2.24, 2.45) is 0 Å². The first-order valence-corrected chi connectivity index (χ1v) is 8.43. The first kappa shape index (κ1) is 15.9. The Morgan fingerprint density at radius 1 is 0.792 bits per heavy atom. The van der Waals surface area contributed by atoms with Gasteiger partial charge >= 0.3 is 16.3 Å². The summed E-state index contributed by atoms with van der Waals surface area (Å²) in [6, 6.07) is 17.5. The van der Waals surface area contributed by atoms with E-state index in [1.807, 2.05) is 30.3 Å². The van der Waals surface area contributed by atoms with Crippen LogP contribution < -0.4 is 10.6 Å². The molecule has 0 unspecified atom stereocenters. The van der Waals surface area contributed by atoms with E-state index < -0.39 is 21.1 Å². The van der Waals surface area contributed by atoms with Gasteiger partial charge in [-0.3, -0.25) is 0 Å². The summed E-state index contributed by atoms with van der Waals surface area (Å²) in [6.45, 7) is 0. The Hall–Kier alpha value is -2.93. The fourth-order valence-electron chi connectivity index (χ4n) is 2.39. The zero-order valence-corrected chi connectivity index (χ0v) is 13.2. The minimum atomic E-state index is -4.93. The van der Waals surface area contributed by atoms with Crippen molar-refractivity contribution in [2.75, 3.05) is 10.6 Å². The second-order valence-electron chi connectivity index (χ2n) is 5.04. The lowest BCUT2D eigenvalue weighted by molar-refractivity contribution is 0.262. The monoisotopic (exact) mass is 344 g/mol. The predicted molar refractivity (Wildman–Crippen MR) is 91.3 cm³/mol. The van der Waals surface area contributed by atoms with Gasteiger partial charge < -0.3 is 10.6 Å². The molecule has 0 atom stereocenters. The predicted octanol–water partition coefficient (Wildman–Crippen LogP) is 4.14. The largest absolute Gasteiger partial charge is 0.334 e. The molecule has 24 heavy (non-hydrogen) atoms. The van der Waals surface area contributed by atoms with Crippen molar-refractivity contribution in [3.63, 3.8) is 0 Å². The minimum Gasteiger partial charge on any atom is -0.307 e. The van der Waals surface area contributed by atoms with Crippen molar-refractivity contribution in [2.45, 2.75) is 4.90 Å². The van der Waals surface area contributed by atoms with Gasteiger partial charge in [0.2, 0.25) is 0 Å². The highest BCUT2D eigenvalue weighted by molar-refractivity contribution is 7.86. The minimum absolute atomic E-state index is 0.127. The van der Waals surface area contributed by atoms with E-state index in [0.29, 0.717) is 5.69 Å². The van der Waals surface area contributed by atoms with Crippen LogP contribution >= 0.6 is 0 Å². The van der Waals surface area contributed by atoms with E-state index in [1.165, 1.54) is 18.2 Å². The van der Waals surface area contributed by atoms with Gasteiger partial charge in [0.25, 0.3) is 0 Å². The Labute approximate surface area is 138 Å². The summed E-state index contributed by atoms with van der Waals surface area (Å²) in [5, 5.41) is 6.79. The average molecular weight is 344 g/mol. The highest BCUT2D eigenvalue weighted by Crippen LogP contribution is 2.25. The molecule has 122 valence electrons. The smallest absolute Gasteiger partial charge is 0.307 e. The van der Waals surface area contributed by atoms with Crippen LogP contribution in [0.5, 0.6) is 0 Å². The molecular formula is C17H13FN2O3S. The number of hydrogen-bond donors (Lipinski definition) is 2.